The van der Waals surface area contributed by atoms with Gasteiger partial charge in [-0.15, -0.1) is 0 Å². The minimum Gasteiger partial charge on any atom is -0.305 e. The third kappa shape index (κ3) is 2.44. The van der Waals surface area contributed by atoms with Crippen LogP contribution in [0.15, 0.2) is 36.5 Å². The number of rotatable bonds is 3. The lowest BCUT2D eigenvalue weighted by Gasteiger charge is -2.09. The molecule has 0 fully saturated rings. The molecule has 1 aromatic carbocycles. The molecule has 0 unspecified atom stereocenters. The van der Waals surface area contributed by atoms with Gasteiger partial charge in [0, 0.05) is 22.3 Å². The molecule has 18 heavy (non-hydrogen) atoms. The van der Waals surface area contributed by atoms with Crippen LogP contribution in [-0.4, -0.2) is 10.7 Å². The fourth-order valence-electron chi connectivity index (χ4n) is 2.03. The molecule has 92 valence electrons. The Morgan fingerprint density at radius 1 is 1.39 bits per heavy atom. The molecule has 0 spiro atoms. The summed E-state index contributed by atoms with van der Waals surface area (Å²) in [5.41, 5.74) is 3.45. The van der Waals surface area contributed by atoms with Crippen molar-refractivity contribution in [3.8, 4) is 0 Å². The maximum Gasteiger partial charge on any atom is 0.0723 e. The summed E-state index contributed by atoms with van der Waals surface area (Å²) in [7, 11) is 0. The monoisotopic (exact) mass is 258 g/mol. The zero-order valence-corrected chi connectivity index (χ0v) is 11.3. The molecule has 0 amide bonds. The van der Waals surface area contributed by atoms with Gasteiger partial charge in [-0.2, -0.15) is 0 Å². The van der Waals surface area contributed by atoms with E-state index in [1.807, 2.05) is 31.2 Å². The number of allylic oxidation sites excluding steroid dienone is 2. The minimum atomic E-state index is 0.569. The second-order valence-corrected chi connectivity index (χ2v) is 4.61. The van der Waals surface area contributed by atoms with Crippen molar-refractivity contribution < 1.29 is 0 Å². The van der Waals surface area contributed by atoms with E-state index in [9.17, 15) is 0 Å². The molecular weight excluding hydrogens is 244 g/mol. The molecule has 2 nitrogen and oxygen atoms in total. The molecule has 3 heteroatoms. The van der Waals surface area contributed by atoms with Gasteiger partial charge in [0.05, 0.1) is 5.52 Å². The number of fused-ring (bicyclic) bond motifs is 1. The number of halogens is 1. The molecule has 1 aromatic heterocycles. The van der Waals surface area contributed by atoms with Crippen LogP contribution < -0.4 is 0 Å². The maximum absolute atomic E-state index is 7.90. The summed E-state index contributed by atoms with van der Waals surface area (Å²) in [5.74, 6) is 0. The van der Waals surface area contributed by atoms with E-state index in [0.717, 1.165) is 28.5 Å². The Balaban J connectivity index is 2.71. The van der Waals surface area contributed by atoms with Crippen LogP contribution in [0.3, 0.4) is 0 Å². The van der Waals surface area contributed by atoms with E-state index in [-0.39, 0.29) is 0 Å². The molecule has 2 rings (SSSR count). The van der Waals surface area contributed by atoms with Crippen molar-refractivity contribution in [3.05, 3.63) is 47.1 Å². The Labute approximate surface area is 112 Å². The molecule has 0 aliphatic rings. The number of nitrogens with zero attached hydrogens (tertiary/aromatic N) is 1. The van der Waals surface area contributed by atoms with Crippen molar-refractivity contribution in [1.29, 1.82) is 5.41 Å². The van der Waals surface area contributed by atoms with Crippen molar-refractivity contribution in [2.75, 3.05) is 0 Å². The van der Waals surface area contributed by atoms with Gasteiger partial charge < -0.3 is 5.41 Å². The SMILES string of the molecule is CC/C=C(/C(C)=N)c1ccnc2cc(Cl)ccc12. The van der Waals surface area contributed by atoms with Gasteiger partial charge in [0.15, 0.2) is 0 Å². The Bertz CT molecular complexity index is 629. The van der Waals surface area contributed by atoms with Crippen molar-refractivity contribution >= 4 is 33.8 Å². The second-order valence-electron chi connectivity index (χ2n) is 4.17. The molecule has 0 saturated heterocycles. The summed E-state index contributed by atoms with van der Waals surface area (Å²) in [6.45, 7) is 3.88. The Kier molecular flexibility index (Phi) is 3.78. The van der Waals surface area contributed by atoms with Crippen LogP contribution in [0, 0.1) is 5.41 Å². The van der Waals surface area contributed by atoms with Crippen LogP contribution >= 0.6 is 11.6 Å². The van der Waals surface area contributed by atoms with Crippen LogP contribution in [0.2, 0.25) is 5.02 Å². The highest BCUT2D eigenvalue weighted by molar-refractivity contribution is 6.31. The van der Waals surface area contributed by atoms with E-state index in [0.29, 0.717) is 10.7 Å². The summed E-state index contributed by atoms with van der Waals surface area (Å²) in [5, 5.41) is 9.61. The van der Waals surface area contributed by atoms with Crippen LogP contribution in [0.4, 0.5) is 0 Å². The molecule has 0 bridgehead atoms. The fourth-order valence-corrected chi connectivity index (χ4v) is 2.19. The average Bonchev–Trinajstić information content (AvgIpc) is 2.34. The van der Waals surface area contributed by atoms with Gasteiger partial charge in [-0.05, 0) is 42.7 Å². The van der Waals surface area contributed by atoms with Gasteiger partial charge in [-0.3, -0.25) is 4.98 Å². The topological polar surface area (TPSA) is 36.7 Å². The normalized spacial score (nSPS) is 11.8. The highest BCUT2D eigenvalue weighted by atomic mass is 35.5. The average molecular weight is 259 g/mol. The number of hydrogen-bond donors (Lipinski definition) is 1. The van der Waals surface area contributed by atoms with Crippen LogP contribution in [-0.2, 0) is 0 Å². The molecule has 1 N–H and O–H groups in total. The molecule has 0 aliphatic carbocycles. The van der Waals surface area contributed by atoms with Crippen molar-refractivity contribution in [2.45, 2.75) is 20.3 Å². The van der Waals surface area contributed by atoms with E-state index in [1.165, 1.54) is 0 Å². The first kappa shape index (κ1) is 12.8. The summed E-state index contributed by atoms with van der Waals surface area (Å²) >= 11 is 5.98. The van der Waals surface area contributed by atoms with Gasteiger partial charge in [0.1, 0.15) is 0 Å². The molecular formula is C15H15ClN2. The Morgan fingerprint density at radius 3 is 2.83 bits per heavy atom. The highest BCUT2D eigenvalue weighted by Gasteiger charge is 2.08. The van der Waals surface area contributed by atoms with Crippen LogP contribution in [0.1, 0.15) is 25.8 Å². The molecule has 0 radical (unpaired) electrons. The lowest BCUT2D eigenvalue weighted by Crippen LogP contribution is -1.97. The van der Waals surface area contributed by atoms with E-state index in [1.54, 1.807) is 6.20 Å². The number of aromatic nitrogens is 1. The van der Waals surface area contributed by atoms with Gasteiger partial charge in [-0.25, -0.2) is 0 Å². The van der Waals surface area contributed by atoms with Crippen LogP contribution in [0.5, 0.6) is 0 Å². The lowest BCUT2D eigenvalue weighted by molar-refractivity contribution is 1.23. The predicted molar refractivity (Wildman–Crippen MR) is 78.4 cm³/mol. The zero-order chi connectivity index (χ0) is 13.1. The standard InChI is InChI=1S/C15H15ClN2/c1-3-4-12(10(2)17)13-7-8-18-15-9-11(16)5-6-14(13)15/h4-9,17H,3H2,1-2H3/b12-4-,17-10?. The molecule has 0 atom stereocenters. The van der Waals surface area contributed by atoms with Crippen LogP contribution in [0.25, 0.3) is 16.5 Å². The van der Waals surface area contributed by atoms with E-state index >= 15 is 0 Å². The quantitative estimate of drug-likeness (QED) is 0.795. The highest BCUT2D eigenvalue weighted by Crippen LogP contribution is 2.26. The van der Waals surface area contributed by atoms with Crippen molar-refractivity contribution in [1.82, 2.24) is 4.98 Å². The molecule has 1 heterocycles. The van der Waals surface area contributed by atoms with E-state index in [2.05, 4.69) is 18.0 Å². The number of benzene rings is 1. The van der Waals surface area contributed by atoms with Crippen molar-refractivity contribution in [2.24, 2.45) is 0 Å². The molecule has 2 aromatic rings. The molecule has 0 aliphatic heterocycles. The Hall–Kier alpha value is -1.67. The van der Waals surface area contributed by atoms with Gasteiger partial charge in [0.25, 0.3) is 0 Å². The smallest absolute Gasteiger partial charge is 0.0723 e. The first-order valence-corrected chi connectivity index (χ1v) is 6.31. The summed E-state index contributed by atoms with van der Waals surface area (Å²) < 4.78 is 0. The number of pyridine rings is 1. The van der Waals surface area contributed by atoms with E-state index < -0.39 is 0 Å². The number of nitrogens with one attached hydrogen (secondary N) is 1. The largest absolute Gasteiger partial charge is 0.305 e. The van der Waals surface area contributed by atoms with Gasteiger partial charge in [0.2, 0.25) is 0 Å². The maximum atomic E-state index is 7.90. The van der Waals surface area contributed by atoms with Gasteiger partial charge in [-0.1, -0.05) is 30.7 Å². The summed E-state index contributed by atoms with van der Waals surface area (Å²) in [6, 6.07) is 7.63. The molecule has 0 saturated carbocycles. The summed E-state index contributed by atoms with van der Waals surface area (Å²) in [4.78, 5) is 4.32. The third-order valence-corrected chi connectivity index (χ3v) is 3.04. The predicted octanol–water partition coefficient (Wildman–Crippen LogP) is 4.72. The van der Waals surface area contributed by atoms with Crippen molar-refractivity contribution in [3.63, 3.8) is 0 Å². The lowest BCUT2D eigenvalue weighted by atomic mass is 9.97. The first-order valence-electron chi connectivity index (χ1n) is 5.93. The first-order chi connectivity index (χ1) is 8.63. The fraction of sp³-hybridized carbons (Fsp3) is 0.200. The summed E-state index contributed by atoms with van der Waals surface area (Å²) in [6.07, 6.45) is 4.75. The third-order valence-electron chi connectivity index (χ3n) is 2.81. The minimum absolute atomic E-state index is 0.569. The number of hydrogen-bond acceptors (Lipinski definition) is 2. The van der Waals surface area contributed by atoms with Gasteiger partial charge >= 0.3 is 0 Å². The zero-order valence-electron chi connectivity index (χ0n) is 10.5. The second kappa shape index (κ2) is 5.32. The van der Waals surface area contributed by atoms with E-state index in [4.69, 9.17) is 17.0 Å². The Morgan fingerprint density at radius 2 is 2.17 bits per heavy atom.